The monoisotopic (exact) mass is 272 g/mol. The molecule has 0 saturated heterocycles. The number of carbonyl (C=O) groups is 1. The summed E-state index contributed by atoms with van der Waals surface area (Å²) in [6.45, 7) is 1.82. The smallest absolute Gasteiger partial charge is 0.307 e. The van der Waals surface area contributed by atoms with Crippen molar-refractivity contribution in [2.75, 3.05) is 6.61 Å². The van der Waals surface area contributed by atoms with Crippen LogP contribution in [0.3, 0.4) is 0 Å². The Kier molecular flexibility index (Phi) is 5.30. The van der Waals surface area contributed by atoms with Gasteiger partial charge in [-0.15, -0.1) is 0 Å². The second-order valence-corrected chi connectivity index (χ2v) is 5.53. The Balaban J connectivity index is 2.78. The number of carbonyl (C=O) groups excluding carboxylic acids is 1. The second-order valence-electron chi connectivity index (χ2n) is 3.84. The molecule has 0 fully saturated rings. The first kappa shape index (κ1) is 14.7. The molecule has 0 bridgehead atoms. The van der Waals surface area contributed by atoms with Crippen LogP contribution in [-0.2, 0) is 26.1 Å². The van der Waals surface area contributed by atoms with Gasteiger partial charge in [-0.05, 0) is 18.9 Å². The normalized spacial score (nSPS) is 13.0. The number of benzene rings is 1. The maximum atomic E-state index is 11.3. The van der Waals surface area contributed by atoms with E-state index in [1.807, 2.05) is 0 Å². The second kappa shape index (κ2) is 6.51. The number of hydrogen-bond donors (Lipinski definition) is 1. The van der Waals surface area contributed by atoms with Gasteiger partial charge in [0.25, 0.3) is 10.1 Å². The summed E-state index contributed by atoms with van der Waals surface area (Å²) in [5.74, 6) is -0.629. The molecular weight excluding hydrogens is 256 g/mol. The minimum Gasteiger partial charge on any atom is -0.466 e. The molecule has 0 spiro atoms. The van der Waals surface area contributed by atoms with Gasteiger partial charge in [-0.25, -0.2) is 0 Å². The summed E-state index contributed by atoms with van der Waals surface area (Å²) < 4.78 is 36.3. The summed E-state index contributed by atoms with van der Waals surface area (Å²) in [5, 5.41) is -1.17. The Labute approximate surface area is 107 Å². The third kappa shape index (κ3) is 4.85. The van der Waals surface area contributed by atoms with Crippen molar-refractivity contribution in [1.82, 2.24) is 0 Å². The molecule has 1 N–H and O–H groups in total. The van der Waals surface area contributed by atoms with E-state index in [9.17, 15) is 13.2 Å². The fourth-order valence-corrected chi connectivity index (χ4v) is 2.32. The van der Waals surface area contributed by atoms with Crippen LogP contribution in [0.5, 0.6) is 0 Å². The van der Waals surface area contributed by atoms with Crippen LogP contribution in [0.15, 0.2) is 30.3 Å². The number of ether oxygens (including phenoxy) is 1. The van der Waals surface area contributed by atoms with Gasteiger partial charge in [0.05, 0.1) is 13.0 Å². The lowest BCUT2D eigenvalue weighted by Gasteiger charge is -2.13. The van der Waals surface area contributed by atoms with Crippen molar-refractivity contribution in [1.29, 1.82) is 0 Å². The van der Waals surface area contributed by atoms with Crippen LogP contribution >= 0.6 is 0 Å². The van der Waals surface area contributed by atoms with E-state index in [-0.39, 0.29) is 19.4 Å². The minimum absolute atomic E-state index is 0.0818. The lowest BCUT2D eigenvalue weighted by atomic mass is 10.1. The SMILES string of the molecule is CCOC(=O)CC(Cc1ccccc1)S(=O)(=O)O. The summed E-state index contributed by atoms with van der Waals surface area (Å²) in [6.07, 6.45) is -0.264. The van der Waals surface area contributed by atoms with Gasteiger partial charge in [0.15, 0.2) is 0 Å². The van der Waals surface area contributed by atoms with E-state index in [0.717, 1.165) is 5.56 Å². The fourth-order valence-electron chi connectivity index (χ4n) is 1.57. The predicted octanol–water partition coefficient (Wildman–Crippen LogP) is 1.44. The van der Waals surface area contributed by atoms with Gasteiger partial charge in [0.2, 0.25) is 0 Å². The molecule has 5 nitrogen and oxygen atoms in total. The van der Waals surface area contributed by atoms with Crippen molar-refractivity contribution in [2.24, 2.45) is 0 Å². The van der Waals surface area contributed by atoms with E-state index >= 15 is 0 Å². The molecule has 18 heavy (non-hydrogen) atoms. The molecule has 0 radical (unpaired) electrons. The molecule has 1 rings (SSSR count). The summed E-state index contributed by atoms with van der Waals surface area (Å²) in [4.78, 5) is 11.3. The largest absolute Gasteiger partial charge is 0.466 e. The molecule has 0 saturated carbocycles. The van der Waals surface area contributed by atoms with Crippen molar-refractivity contribution < 1.29 is 22.5 Å². The van der Waals surface area contributed by atoms with Crippen LogP contribution < -0.4 is 0 Å². The summed E-state index contributed by atoms with van der Waals surface area (Å²) >= 11 is 0. The molecule has 0 aliphatic heterocycles. The maximum Gasteiger partial charge on any atom is 0.307 e. The van der Waals surface area contributed by atoms with Crippen LogP contribution in [0.2, 0.25) is 0 Å². The zero-order chi connectivity index (χ0) is 13.6. The number of hydrogen-bond acceptors (Lipinski definition) is 4. The van der Waals surface area contributed by atoms with Crippen LogP contribution in [-0.4, -0.2) is 30.8 Å². The van der Waals surface area contributed by atoms with E-state index in [4.69, 9.17) is 9.29 Å². The van der Waals surface area contributed by atoms with Gasteiger partial charge < -0.3 is 4.74 Å². The zero-order valence-electron chi connectivity index (χ0n) is 10.1. The van der Waals surface area contributed by atoms with E-state index in [1.54, 1.807) is 37.3 Å². The average molecular weight is 272 g/mol. The third-order valence-electron chi connectivity index (χ3n) is 2.43. The van der Waals surface area contributed by atoms with Gasteiger partial charge in [0.1, 0.15) is 5.25 Å². The highest BCUT2D eigenvalue weighted by atomic mass is 32.2. The fraction of sp³-hybridized carbons (Fsp3) is 0.417. The molecule has 0 aromatic heterocycles. The van der Waals surface area contributed by atoms with Crippen molar-refractivity contribution in [3.05, 3.63) is 35.9 Å². The summed E-state index contributed by atoms with van der Waals surface area (Å²) in [6, 6.07) is 8.81. The lowest BCUT2D eigenvalue weighted by molar-refractivity contribution is -0.143. The Morgan fingerprint density at radius 3 is 2.44 bits per heavy atom. The predicted molar refractivity (Wildman–Crippen MR) is 66.7 cm³/mol. The van der Waals surface area contributed by atoms with Crippen molar-refractivity contribution in [3.8, 4) is 0 Å². The number of rotatable bonds is 6. The van der Waals surface area contributed by atoms with Gasteiger partial charge in [-0.3, -0.25) is 9.35 Å². The summed E-state index contributed by atoms with van der Waals surface area (Å²) in [5.41, 5.74) is 0.740. The average Bonchev–Trinajstić information content (AvgIpc) is 2.28. The van der Waals surface area contributed by atoms with Gasteiger partial charge >= 0.3 is 5.97 Å². The van der Waals surface area contributed by atoms with E-state index in [0.29, 0.717) is 0 Å². The molecule has 0 aliphatic rings. The zero-order valence-corrected chi connectivity index (χ0v) is 10.9. The van der Waals surface area contributed by atoms with Crippen LogP contribution in [0, 0.1) is 0 Å². The Morgan fingerprint density at radius 2 is 1.94 bits per heavy atom. The molecule has 0 aliphatic carbocycles. The first-order valence-electron chi connectivity index (χ1n) is 5.59. The molecule has 1 unspecified atom stereocenters. The van der Waals surface area contributed by atoms with Crippen LogP contribution in [0.4, 0.5) is 0 Å². The number of esters is 1. The molecule has 0 amide bonds. The van der Waals surface area contributed by atoms with Gasteiger partial charge in [0, 0.05) is 0 Å². The Hall–Kier alpha value is -1.40. The van der Waals surface area contributed by atoms with E-state index in [1.165, 1.54) is 0 Å². The van der Waals surface area contributed by atoms with E-state index in [2.05, 4.69) is 0 Å². The standard InChI is InChI=1S/C12H16O5S/c1-2-17-12(13)9-11(18(14,15)16)8-10-6-4-3-5-7-10/h3-7,11H,2,8-9H2,1H3,(H,14,15,16). The highest BCUT2D eigenvalue weighted by Crippen LogP contribution is 2.13. The lowest BCUT2D eigenvalue weighted by Crippen LogP contribution is -2.27. The van der Waals surface area contributed by atoms with Gasteiger partial charge in [-0.1, -0.05) is 30.3 Å². The van der Waals surface area contributed by atoms with Crippen molar-refractivity contribution >= 4 is 16.1 Å². The topological polar surface area (TPSA) is 80.7 Å². The first-order chi connectivity index (χ1) is 8.43. The molecule has 1 atom stereocenters. The molecule has 1 aromatic rings. The maximum absolute atomic E-state index is 11.3. The minimum atomic E-state index is -4.28. The van der Waals surface area contributed by atoms with Crippen molar-refractivity contribution in [2.45, 2.75) is 25.0 Å². The molecule has 100 valence electrons. The highest BCUT2D eigenvalue weighted by molar-refractivity contribution is 7.86. The van der Waals surface area contributed by atoms with E-state index < -0.39 is 21.3 Å². The van der Waals surface area contributed by atoms with Crippen molar-refractivity contribution in [3.63, 3.8) is 0 Å². The quantitative estimate of drug-likeness (QED) is 0.626. The Morgan fingerprint density at radius 1 is 1.33 bits per heavy atom. The molecule has 6 heteroatoms. The summed E-state index contributed by atoms with van der Waals surface area (Å²) in [7, 11) is -4.28. The highest BCUT2D eigenvalue weighted by Gasteiger charge is 2.26. The first-order valence-corrected chi connectivity index (χ1v) is 7.09. The molecular formula is C12H16O5S. The van der Waals surface area contributed by atoms with Crippen LogP contribution in [0.25, 0.3) is 0 Å². The Bertz CT molecular complexity index is 480. The molecule has 0 heterocycles. The third-order valence-corrected chi connectivity index (χ3v) is 3.60. The molecule has 1 aromatic carbocycles. The van der Waals surface area contributed by atoms with Gasteiger partial charge in [-0.2, -0.15) is 8.42 Å². The van der Waals surface area contributed by atoms with Crippen LogP contribution in [0.1, 0.15) is 18.9 Å².